The van der Waals surface area contributed by atoms with Gasteiger partial charge >= 0.3 is 0 Å². The number of nitrogens with two attached hydrogens (primary N) is 1. The summed E-state index contributed by atoms with van der Waals surface area (Å²) >= 11 is 0. The lowest BCUT2D eigenvalue weighted by Gasteiger charge is -2.31. The van der Waals surface area contributed by atoms with Crippen molar-refractivity contribution in [1.82, 2.24) is 14.6 Å². The highest BCUT2D eigenvalue weighted by atomic mass is 32.2. The van der Waals surface area contributed by atoms with Crippen molar-refractivity contribution in [3.8, 4) is 11.1 Å². The van der Waals surface area contributed by atoms with Crippen molar-refractivity contribution in [3.63, 3.8) is 0 Å². The summed E-state index contributed by atoms with van der Waals surface area (Å²) in [6.45, 7) is 3.55. The Hall–Kier alpha value is -2.72. The second kappa shape index (κ2) is 11.6. The molecule has 194 valence electrons. The van der Waals surface area contributed by atoms with E-state index in [0.29, 0.717) is 44.5 Å². The van der Waals surface area contributed by atoms with Crippen molar-refractivity contribution in [3.05, 3.63) is 59.8 Å². The third-order valence-electron chi connectivity index (χ3n) is 7.21. The fraction of sp³-hybridized carbons (Fsp3) is 0.444. The van der Waals surface area contributed by atoms with Crippen LogP contribution in [0.1, 0.15) is 54.4 Å². The van der Waals surface area contributed by atoms with Crippen LogP contribution in [0.4, 0.5) is 0 Å². The van der Waals surface area contributed by atoms with Crippen molar-refractivity contribution >= 4 is 26.8 Å². The molecule has 0 aliphatic carbocycles. The van der Waals surface area contributed by atoms with Crippen molar-refractivity contribution in [2.45, 2.75) is 44.6 Å². The molecule has 1 saturated heterocycles. The molecule has 0 radical (unpaired) electrons. The van der Waals surface area contributed by atoms with E-state index < -0.39 is 15.9 Å². The van der Waals surface area contributed by atoms with Gasteiger partial charge in [-0.15, -0.1) is 0 Å². The molecule has 9 heteroatoms. The first-order valence-electron chi connectivity index (χ1n) is 12.7. The van der Waals surface area contributed by atoms with Gasteiger partial charge in [-0.05, 0) is 67.0 Å². The zero-order chi connectivity index (χ0) is 25.7. The molecule has 0 spiro atoms. The molecule has 0 saturated carbocycles. The number of aliphatic hydroxyl groups is 1. The Kier molecular flexibility index (Phi) is 8.46. The molecule has 1 aliphatic heterocycles. The van der Waals surface area contributed by atoms with Gasteiger partial charge in [-0.2, -0.15) is 0 Å². The molecule has 2 aromatic carbocycles. The standard InChI is InChI=1S/C27H36N4O4S/c1-2-22(18-32)29-11-6-14-36(34,35)31-12-9-20(10-13-31)25-17-30-26-23(25)15-21(16-24(26)27(28)33)19-7-4-3-5-8-19/h3-5,7-8,15-17,20,22,29-30,32H,2,6,9-14,18H2,1H3,(H2,28,33)/t22-/m0/s1. The summed E-state index contributed by atoms with van der Waals surface area (Å²) in [7, 11) is -3.33. The maximum absolute atomic E-state index is 12.9. The molecular weight excluding hydrogens is 476 g/mol. The van der Waals surface area contributed by atoms with Crippen LogP contribution < -0.4 is 11.1 Å². The third-order valence-corrected chi connectivity index (χ3v) is 9.16. The molecular formula is C27H36N4O4S. The number of aromatic amines is 1. The average Bonchev–Trinajstić information content (AvgIpc) is 3.33. The maximum Gasteiger partial charge on any atom is 0.250 e. The fourth-order valence-electron chi connectivity index (χ4n) is 5.06. The number of nitrogens with zero attached hydrogens (tertiary/aromatic N) is 1. The number of amides is 1. The number of aromatic nitrogens is 1. The first-order valence-corrected chi connectivity index (χ1v) is 14.3. The summed E-state index contributed by atoms with van der Waals surface area (Å²) in [5, 5.41) is 13.4. The van der Waals surface area contributed by atoms with E-state index in [2.05, 4.69) is 16.4 Å². The second-order valence-corrected chi connectivity index (χ2v) is 11.6. The Morgan fingerprint density at radius 1 is 1.19 bits per heavy atom. The maximum atomic E-state index is 12.9. The minimum absolute atomic E-state index is 0.0112. The van der Waals surface area contributed by atoms with E-state index in [1.165, 1.54) is 0 Å². The normalized spacial score (nSPS) is 16.4. The van der Waals surface area contributed by atoms with Crippen LogP contribution in [0, 0.1) is 0 Å². The lowest BCUT2D eigenvalue weighted by atomic mass is 9.88. The Balaban J connectivity index is 1.47. The Morgan fingerprint density at radius 2 is 1.92 bits per heavy atom. The van der Waals surface area contributed by atoms with Crippen LogP contribution in [0.2, 0.25) is 0 Å². The largest absolute Gasteiger partial charge is 0.395 e. The van der Waals surface area contributed by atoms with E-state index in [4.69, 9.17) is 5.73 Å². The van der Waals surface area contributed by atoms with Crippen molar-refractivity contribution < 1.29 is 18.3 Å². The van der Waals surface area contributed by atoms with Gasteiger partial charge in [-0.25, -0.2) is 12.7 Å². The van der Waals surface area contributed by atoms with Crippen LogP contribution >= 0.6 is 0 Å². The van der Waals surface area contributed by atoms with E-state index in [1.807, 2.05) is 49.5 Å². The second-order valence-electron chi connectivity index (χ2n) is 9.51. The van der Waals surface area contributed by atoms with E-state index in [9.17, 15) is 18.3 Å². The van der Waals surface area contributed by atoms with Gasteiger partial charge in [0.25, 0.3) is 5.91 Å². The number of piperidine rings is 1. The van der Waals surface area contributed by atoms with Gasteiger partial charge in [0, 0.05) is 30.7 Å². The number of H-pyrrole nitrogens is 1. The minimum Gasteiger partial charge on any atom is -0.395 e. The highest BCUT2D eigenvalue weighted by molar-refractivity contribution is 7.89. The molecule has 1 amide bonds. The minimum atomic E-state index is -3.33. The van der Waals surface area contributed by atoms with E-state index in [1.54, 1.807) is 4.31 Å². The van der Waals surface area contributed by atoms with Crippen molar-refractivity contribution in [2.24, 2.45) is 5.73 Å². The monoisotopic (exact) mass is 512 g/mol. The average molecular weight is 513 g/mol. The summed E-state index contributed by atoms with van der Waals surface area (Å²) < 4.78 is 27.4. The lowest BCUT2D eigenvalue weighted by Crippen LogP contribution is -2.40. The number of primary amides is 1. The van der Waals surface area contributed by atoms with Crippen molar-refractivity contribution in [1.29, 1.82) is 0 Å². The van der Waals surface area contributed by atoms with E-state index in [0.717, 1.165) is 34.0 Å². The van der Waals surface area contributed by atoms with Gasteiger partial charge in [0.2, 0.25) is 10.0 Å². The number of hydrogen-bond donors (Lipinski definition) is 4. The topological polar surface area (TPSA) is 129 Å². The van der Waals surface area contributed by atoms with Crippen LogP contribution in [0.25, 0.3) is 22.0 Å². The van der Waals surface area contributed by atoms with Gasteiger partial charge in [0.1, 0.15) is 0 Å². The summed E-state index contributed by atoms with van der Waals surface area (Å²) in [5.41, 5.74) is 9.93. The summed E-state index contributed by atoms with van der Waals surface area (Å²) in [6.07, 6.45) is 4.69. The molecule has 5 N–H and O–H groups in total. The fourth-order valence-corrected chi connectivity index (χ4v) is 6.59. The van der Waals surface area contributed by atoms with Gasteiger partial charge < -0.3 is 21.1 Å². The van der Waals surface area contributed by atoms with Gasteiger partial charge in [0.15, 0.2) is 0 Å². The van der Waals surface area contributed by atoms with E-state index >= 15 is 0 Å². The van der Waals surface area contributed by atoms with Crippen LogP contribution in [0.15, 0.2) is 48.7 Å². The third kappa shape index (κ3) is 5.81. The van der Waals surface area contributed by atoms with Crippen molar-refractivity contribution in [2.75, 3.05) is 32.0 Å². The zero-order valence-corrected chi connectivity index (χ0v) is 21.6. The van der Waals surface area contributed by atoms with Gasteiger partial charge in [0.05, 0.1) is 23.4 Å². The first kappa shape index (κ1) is 26.3. The highest BCUT2D eigenvalue weighted by Gasteiger charge is 2.30. The zero-order valence-electron chi connectivity index (χ0n) is 20.7. The van der Waals surface area contributed by atoms with Crippen LogP contribution in [0.5, 0.6) is 0 Å². The first-order chi connectivity index (χ1) is 17.3. The molecule has 3 aromatic rings. The molecule has 1 aliphatic rings. The molecule has 8 nitrogen and oxygen atoms in total. The van der Waals surface area contributed by atoms with Crippen LogP contribution in [-0.4, -0.2) is 66.8 Å². The molecule has 2 heterocycles. The number of fused-ring (bicyclic) bond motifs is 1. The highest BCUT2D eigenvalue weighted by Crippen LogP contribution is 2.37. The lowest BCUT2D eigenvalue weighted by molar-refractivity contribution is 0.100. The Morgan fingerprint density at radius 3 is 2.56 bits per heavy atom. The summed E-state index contributed by atoms with van der Waals surface area (Å²) in [5.74, 6) is -0.193. The summed E-state index contributed by atoms with van der Waals surface area (Å²) in [6, 6.07) is 13.8. The van der Waals surface area contributed by atoms with Gasteiger partial charge in [-0.1, -0.05) is 37.3 Å². The quantitative estimate of drug-likeness (QED) is 0.293. The van der Waals surface area contributed by atoms with Crippen LogP contribution in [0.3, 0.4) is 0 Å². The number of carbonyl (C=O) groups is 1. The molecule has 1 aromatic heterocycles. The number of nitrogens with one attached hydrogen (secondary N) is 2. The number of sulfonamides is 1. The molecule has 0 bridgehead atoms. The predicted molar refractivity (Wildman–Crippen MR) is 143 cm³/mol. The number of benzene rings is 2. The number of hydrogen-bond acceptors (Lipinski definition) is 5. The Bertz CT molecular complexity index is 1280. The molecule has 36 heavy (non-hydrogen) atoms. The number of rotatable bonds is 11. The Labute approximate surface area is 212 Å². The smallest absolute Gasteiger partial charge is 0.250 e. The number of carbonyl (C=O) groups excluding carboxylic acids is 1. The molecule has 1 atom stereocenters. The molecule has 1 fully saturated rings. The van der Waals surface area contributed by atoms with Crippen LogP contribution in [-0.2, 0) is 10.0 Å². The number of aliphatic hydroxyl groups excluding tert-OH is 1. The summed E-state index contributed by atoms with van der Waals surface area (Å²) in [4.78, 5) is 15.5. The molecule has 0 unspecified atom stereocenters. The predicted octanol–water partition coefficient (Wildman–Crippen LogP) is 3.19. The SMILES string of the molecule is CC[C@@H](CO)NCCCS(=O)(=O)N1CCC(c2c[nH]c3c(C(N)=O)cc(-c4ccccc4)cc23)CC1. The van der Waals surface area contributed by atoms with Gasteiger partial charge in [-0.3, -0.25) is 4.79 Å². The van der Waals surface area contributed by atoms with E-state index in [-0.39, 0.29) is 24.3 Å². The molecule has 4 rings (SSSR count).